The summed E-state index contributed by atoms with van der Waals surface area (Å²) in [5.41, 5.74) is 2.48. The summed E-state index contributed by atoms with van der Waals surface area (Å²) < 4.78 is 2.40. The fraction of sp³-hybridized carbons (Fsp3) is 0.0556. The molecule has 1 N–H and O–H groups in total. The molecule has 0 aliphatic carbocycles. The molecule has 2 aromatic heterocycles. The molecule has 2 aromatic carbocycles. The van der Waals surface area contributed by atoms with Gasteiger partial charge in [0.2, 0.25) is 5.13 Å². The van der Waals surface area contributed by atoms with Crippen LogP contribution in [0.1, 0.15) is 11.3 Å². The standard InChI is InChI=1S/C18H12Cl2N4OS/c1-10-14(17(25)24(23-10)13-4-2-3-11(19)7-13)9-21-18-22-15-6-5-12(20)8-16(15)26-18/h2-9,23H,1H3/b21-9+. The molecule has 26 heavy (non-hydrogen) atoms. The molecule has 2 heterocycles. The molecule has 0 saturated carbocycles. The quantitative estimate of drug-likeness (QED) is 0.482. The van der Waals surface area contributed by atoms with Gasteiger partial charge in [-0.05, 0) is 43.3 Å². The van der Waals surface area contributed by atoms with E-state index in [1.807, 2.05) is 19.1 Å². The first-order valence-electron chi connectivity index (χ1n) is 7.69. The zero-order chi connectivity index (χ0) is 18.3. The highest BCUT2D eigenvalue weighted by molar-refractivity contribution is 7.22. The zero-order valence-corrected chi connectivity index (χ0v) is 15.9. The molecule has 0 aliphatic rings. The number of aromatic nitrogens is 3. The number of fused-ring (bicyclic) bond motifs is 1. The van der Waals surface area contributed by atoms with E-state index in [0.717, 1.165) is 10.2 Å². The van der Waals surface area contributed by atoms with Gasteiger partial charge in [-0.2, -0.15) is 0 Å². The van der Waals surface area contributed by atoms with Gasteiger partial charge in [-0.1, -0.05) is 40.6 Å². The van der Waals surface area contributed by atoms with Crippen molar-refractivity contribution in [3.05, 3.63) is 74.1 Å². The van der Waals surface area contributed by atoms with Crippen LogP contribution in [0, 0.1) is 6.92 Å². The second-order valence-corrected chi connectivity index (χ2v) is 7.52. The predicted octanol–water partition coefficient (Wildman–Crippen LogP) is 5.14. The highest BCUT2D eigenvalue weighted by Crippen LogP contribution is 2.29. The molecular weight excluding hydrogens is 391 g/mol. The Hall–Kier alpha value is -2.41. The first-order valence-corrected chi connectivity index (χ1v) is 9.26. The maximum atomic E-state index is 12.7. The SMILES string of the molecule is Cc1[nH]n(-c2cccc(Cl)c2)c(=O)c1/C=N/c1nc2ccc(Cl)cc2s1. The summed E-state index contributed by atoms with van der Waals surface area (Å²) >= 11 is 13.4. The third kappa shape index (κ3) is 3.19. The van der Waals surface area contributed by atoms with Crippen molar-refractivity contribution < 1.29 is 0 Å². The molecule has 0 atom stereocenters. The fourth-order valence-corrected chi connectivity index (χ4v) is 3.84. The van der Waals surface area contributed by atoms with E-state index in [1.165, 1.54) is 22.2 Å². The number of benzene rings is 2. The van der Waals surface area contributed by atoms with Gasteiger partial charge in [0.25, 0.3) is 5.56 Å². The Bertz CT molecular complexity index is 1210. The molecule has 5 nitrogen and oxygen atoms in total. The Morgan fingerprint density at radius 1 is 1.19 bits per heavy atom. The summed E-state index contributed by atoms with van der Waals surface area (Å²) in [4.78, 5) is 21.5. The number of nitrogens with zero attached hydrogens (tertiary/aromatic N) is 3. The van der Waals surface area contributed by atoms with Crippen LogP contribution in [0.25, 0.3) is 15.9 Å². The van der Waals surface area contributed by atoms with E-state index in [1.54, 1.807) is 30.3 Å². The normalized spacial score (nSPS) is 11.7. The van der Waals surface area contributed by atoms with Crippen LogP contribution in [0.3, 0.4) is 0 Å². The number of nitrogens with one attached hydrogen (secondary N) is 1. The van der Waals surface area contributed by atoms with Crippen molar-refractivity contribution >= 4 is 56.1 Å². The largest absolute Gasteiger partial charge is 0.295 e. The third-order valence-corrected chi connectivity index (χ3v) is 5.22. The molecule has 8 heteroatoms. The smallest absolute Gasteiger partial charge is 0.280 e. The Morgan fingerprint density at radius 2 is 2.00 bits per heavy atom. The van der Waals surface area contributed by atoms with E-state index in [-0.39, 0.29) is 5.56 Å². The Labute approximate surface area is 162 Å². The number of rotatable bonds is 3. The van der Waals surface area contributed by atoms with Gasteiger partial charge in [0.05, 0.1) is 21.5 Å². The van der Waals surface area contributed by atoms with Crippen LogP contribution in [-0.2, 0) is 0 Å². The van der Waals surface area contributed by atoms with Gasteiger partial charge < -0.3 is 0 Å². The summed E-state index contributed by atoms with van der Waals surface area (Å²) in [6.07, 6.45) is 1.54. The Morgan fingerprint density at radius 3 is 2.81 bits per heavy atom. The van der Waals surface area contributed by atoms with Crippen molar-refractivity contribution in [1.82, 2.24) is 14.8 Å². The number of H-pyrrole nitrogens is 1. The number of hydrogen-bond acceptors (Lipinski definition) is 4. The van der Waals surface area contributed by atoms with Crippen molar-refractivity contribution in [2.45, 2.75) is 6.92 Å². The monoisotopic (exact) mass is 402 g/mol. The van der Waals surface area contributed by atoms with Crippen molar-refractivity contribution in [3.8, 4) is 5.69 Å². The lowest BCUT2D eigenvalue weighted by molar-refractivity contribution is 0.835. The first kappa shape index (κ1) is 17.0. The third-order valence-electron chi connectivity index (χ3n) is 3.83. The molecule has 0 bridgehead atoms. The highest BCUT2D eigenvalue weighted by atomic mass is 35.5. The molecule has 0 unspecified atom stereocenters. The number of hydrogen-bond donors (Lipinski definition) is 1. The van der Waals surface area contributed by atoms with Gasteiger partial charge >= 0.3 is 0 Å². The molecular formula is C18H12Cl2N4OS. The lowest BCUT2D eigenvalue weighted by Crippen LogP contribution is -2.17. The maximum Gasteiger partial charge on any atom is 0.280 e. The van der Waals surface area contributed by atoms with Crippen LogP contribution in [0.15, 0.2) is 52.3 Å². The van der Waals surface area contributed by atoms with Crippen LogP contribution in [0.5, 0.6) is 0 Å². The summed E-state index contributed by atoms with van der Waals surface area (Å²) in [5, 5.41) is 4.83. The number of aliphatic imine (C=N–C) groups is 1. The topological polar surface area (TPSA) is 63.0 Å². The maximum absolute atomic E-state index is 12.7. The molecule has 0 spiro atoms. The first-order chi connectivity index (χ1) is 12.5. The molecule has 4 aromatic rings. The lowest BCUT2D eigenvalue weighted by Gasteiger charge is -2.01. The van der Waals surface area contributed by atoms with Crippen LogP contribution in [-0.4, -0.2) is 21.0 Å². The molecule has 4 rings (SSSR count). The van der Waals surface area contributed by atoms with Crippen LogP contribution in [0.2, 0.25) is 10.0 Å². The molecule has 130 valence electrons. The molecule has 0 aliphatic heterocycles. The molecule has 0 fully saturated rings. The minimum atomic E-state index is -0.197. The number of aryl methyl sites for hydroxylation is 1. The molecule has 0 radical (unpaired) electrons. The van der Waals surface area contributed by atoms with Crippen molar-refractivity contribution in [3.63, 3.8) is 0 Å². The van der Waals surface area contributed by atoms with E-state index in [9.17, 15) is 4.79 Å². The zero-order valence-electron chi connectivity index (χ0n) is 13.5. The van der Waals surface area contributed by atoms with Crippen LogP contribution in [0.4, 0.5) is 5.13 Å². The van der Waals surface area contributed by atoms with Crippen molar-refractivity contribution in [1.29, 1.82) is 0 Å². The lowest BCUT2D eigenvalue weighted by atomic mass is 10.3. The van der Waals surface area contributed by atoms with Gasteiger partial charge in [0.1, 0.15) is 0 Å². The van der Waals surface area contributed by atoms with Gasteiger partial charge in [-0.25, -0.2) is 14.7 Å². The summed E-state index contributed by atoms with van der Waals surface area (Å²) in [6.45, 7) is 1.82. The van der Waals surface area contributed by atoms with Gasteiger partial charge in [0, 0.05) is 22.0 Å². The van der Waals surface area contributed by atoms with Crippen molar-refractivity contribution in [2.24, 2.45) is 4.99 Å². The average Bonchev–Trinajstić information content (AvgIpc) is 3.13. The fourth-order valence-electron chi connectivity index (χ4n) is 2.57. The van der Waals surface area contributed by atoms with E-state index >= 15 is 0 Å². The van der Waals surface area contributed by atoms with Crippen LogP contribution < -0.4 is 5.56 Å². The number of aromatic amines is 1. The van der Waals surface area contributed by atoms with E-state index in [4.69, 9.17) is 23.2 Å². The van der Waals surface area contributed by atoms with Crippen LogP contribution >= 0.6 is 34.5 Å². The minimum absolute atomic E-state index is 0.197. The Balaban J connectivity index is 1.71. The predicted molar refractivity (Wildman–Crippen MR) is 108 cm³/mol. The second-order valence-electron chi connectivity index (χ2n) is 5.64. The van der Waals surface area contributed by atoms with E-state index in [0.29, 0.717) is 32.1 Å². The summed E-state index contributed by atoms with van der Waals surface area (Å²) in [7, 11) is 0. The number of halogens is 2. The van der Waals surface area contributed by atoms with Gasteiger partial charge in [-0.3, -0.25) is 9.89 Å². The molecule has 0 amide bonds. The van der Waals surface area contributed by atoms with E-state index < -0.39 is 0 Å². The van der Waals surface area contributed by atoms with E-state index in [2.05, 4.69) is 15.1 Å². The summed E-state index contributed by atoms with van der Waals surface area (Å²) in [5.74, 6) is 0. The van der Waals surface area contributed by atoms with Gasteiger partial charge in [0.15, 0.2) is 0 Å². The Kier molecular flexibility index (Phi) is 4.40. The number of thiazole rings is 1. The average molecular weight is 403 g/mol. The minimum Gasteiger partial charge on any atom is -0.295 e. The molecule has 0 saturated heterocycles. The van der Waals surface area contributed by atoms with Gasteiger partial charge in [-0.15, -0.1) is 0 Å². The highest BCUT2D eigenvalue weighted by Gasteiger charge is 2.11. The summed E-state index contributed by atoms with van der Waals surface area (Å²) in [6, 6.07) is 12.6. The second kappa shape index (κ2) is 6.72. The van der Waals surface area contributed by atoms with Crippen molar-refractivity contribution in [2.75, 3.05) is 0 Å².